The third-order valence-corrected chi connectivity index (χ3v) is 4.71. The number of fused-ring (bicyclic) bond motifs is 3. The number of aromatic nitrogens is 1. The van der Waals surface area contributed by atoms with Crippen molar-refractivity contribution in [2.45, 2.75) is 38.8 Å². The number of carbonyl (C=O) groups excluding carboxylic acids is 2. The van der Waals surface area contributed by atoms with Gasteiger partial charge in [0.2, 0.25) is 0 Å². The number of esters is 2. The lowest BCUT2D eigenvalue weighted by atomic mass is 9.96. The summed E-state index contributed by atoms with van der Waals surface area (Å²) in [6.07, 6.45) is 1.63. The number of hydrogen-bond acceptors (Lipinski definition) is 5. The van der Waals surface area contributed by atoms with Crippen LogP contribution in [0.15, 0.2) is 24.3 Å². The number of methoxy groups -OCH3 is 1. The van der Waals surface area contributed by atoms with E-state index in [1.807, 2.05) is 18.2 Å². The van der Waals surface area contributed by atoms with Gasteiger partial charge >= 0.3 is 11.9 Å². The first-order valence-electron chi connectivity index (χ1n) is 8.70. The molecule has 1 atom stereocenters. The van der Waals surface area contributed by atoms with E-state index in [0.717, 1.165) is 16.6 Å². The quantitative estimate of drug-likeness (QED) is 0.815. The molecular formula is C19H24N2O4. The fourth-order valence-electron chi connectivity index (χ4n) is 3.52. The van der Waals surface area contributed by atoms with Crippen LogP contribution >= 0.6 is 0 Å². The molecule has 1 N–H and O–H groups in total. The second kappa shape index (κ2) is 7.70. The molecule has 0 bridgehead atoms. The number of rotatable bonds is 6. The molecule has 0 amide bonds. The number of nitrogens with zero attached hydrogens (tertiary/aromatic N) is 1. The summed E-state index contributed by atoms with van der Waals surface area (Å²) in [4.78, 5) is 29.4. The van der Waals surface area contributed by atoms with Crippen molar-refractivity contribution in [2.24, 2.45) is 0 Å². The van der Waals surface area contributed by atoms with Crippen LogP contribution in [0.25, 0.3) is 10.9 Å². The zero-order chi connectivity index (χ0) is 17.8. The van der Waals surface area contributed by atoms with Gasteiger partial charge in [0.15, 0.2) is 0 Å². The lowest BCUT2D eigenvalue weighted by molar-refractivity contribution is -0.147. The highest BCUT2D eigenvalue weighted by Gasteiger charge is 2.33. The SMILES string of the molecule is CCOC(=O)CCCN1Cc2[nH]c3ccccc3c2CC1C(=O)OC. The maximum absolute atomic E-state index is 12.3. The van der Waals surface area contributed by atoms with E-state index in [-0.39, 0.29) is 18.0 Å². The van der Waals surface area contributed by atoms with E-state index in [4.69, 9.17) is 9.47 Å². The molecule has 1 aliphatic rings. The number of H-pyrrole nitrogens is 1. The van der Waals surface area contributed by atoms with Crippen LogP contribution in [0.5, 0.6) is 0 Å². The predicted octanol–water partition coefficient (Wildman–Crippen LogP) is 2.41. The Morgan fingerprint density at radius 2 is 2.12 bits per heavy atom. The summed E-state index contributed by atoms with van der Waals surface area (Å²) < 4.78 is 9.97. The maximum Gasteiger partial charge on any atom is 0.323 e. The second-order valence-electron chi connectivity index (χ2n) is 6.25. The summed E-state index contributed by atoms with van der Waals surface area (Å²) in [7, 11) is 1.42. The summed E-state index contributed by atoms with van der Waals surface area (Å²) in [5.41, 5.74) is 3.41. The molecule has 0 saturated carbocycles. The van der Waals surface area contributed by atoms with Gasteiger partial charge in [-0.15, -0.1) is 0 Å². The van der Waals surface area contributed by atoms with Gasteiger partial charge < -0.3 is 14.5 Å². The van der Waals surface area contributed by atoms with Gasteiger partial charge in [0.25, 0.3) is 0 Å². The topological polar surface area (TPSA) is 71.6 Å². The van der Waals surface area contributed by atoms with Gasteiger partial charge in [-0.2, -0.15) is 0 Å². The van der Waals surface area contributed by atoms with Crippen molar-refractivity contribution in [3.63, 3.8) is 0 Å². The molecule has 25 heavy (non-hydrogen) atoms. The van der Waals surface area contributed by atoms with Gasteiger partial charge in [-0.05, 0) is 31.5 Å². The molecule has 134 valence electrons. The average molecular weight is 344 g/mol. The number of benzene rings is 1. The first-order chi connectivity index (χ1) is 12.1. The Morgan fingerprint density at radius 3 is 2.88 bits per heavy atom. The minimum absolute atomic E-state index is 0.194. The number of aromatic amines is 1. The van der Waals surface area contributed by atoms with Crippen molar-refractivity contribution >= 4 is 22.8 Å². The first-order valence-corrected chi connectivity index (χ1v) is 8.70. The molecule has 1 aromatic heterocycles. The Balaban J connectivity index is 1.77. The molecule has 0 spiro atoms. The van der Waals surface area contributed by atoms with Crippen molar-refractivity contribution < 1.29 is 19.1 Å². The molecule has 1 aliphatic heterocycles. The zero-order valence-electron chi connectivity index (χ0n) is 14.7. The standard InChI is InChI=1S/C19H24N2O4/c1-3-25-18(22)9-6-10-21-12-16-14(11-17(21)19(23)24-2)13-7-4-5-8-15(13)20-16/h4-5,7-8,17,20H,3,6,9-12H2,1-2H3. The molecule has 3 rings (SSSR count). The van der Waals surface area contributed by atoms with Crippen molar-refractivity contribution in [2.75, 3.05) is 20.3 Å². The van der Waals surface area contributed by atoms with Gasteiger partial charge in [-0.3, -0.25) is 14.5 Å². The van der Waals surface area contributed by atoms with Crippen LogP contribution in [0.1, 0.15) is 31.0 Å². The van der Waals surface area contributed by atoms with Gasteiger partial charge in [-0.1, -0.05) is 18.2 Å². The van der Waals surface area contributed by atoms with Crippen LogP contribution in [0, 0.1) is 0 Å². The van der Waals surface area contributed by atoms with Gasteiger partial charge in [0.1, 0.15) is 6.04 Å². The molecule has 1 unspecified atom stereocenters. The average Bonchev–Trinajstić information content (AvgIpc) is 2.98. The van der Waals surface area contributed by atoms with E-state index in [1.165, 1.54) is 12.7 Å². The number of para-hydroxylation sites is 1. The van der Waals surface area contributed by atoms with Crippen LogP contribution in [-0.4, -0.2) is 48.1 Å². The largest absolute Gasteiger partial charge is 0.468 e. The third-order valence-electron chi connectivity index (χ3n) is 4.71. The zero-order valence-corrected chi connectivity index (χ0v) is 14.7. The molecule has 1 aromatic carbocycles. The fraction of sp³-hybridized carbons (Fsp3) is 0.474. The maximum atomic E-state index is 12.3. The second-order valence-corrected chi connectivity index (χ2v) is 6.25. The van der Waals surface area contributed by atoms with Gasteiger partial charge in [0.05, 0.1) is 13.7 Å². The monoisotopic (exact) mass is 344 g/mol. The van der Waals surface area contributed by atoms with Crippen LogP contribution < -0.4 is 0 Å². The Bertz CT molecular complexity index is 768. The van der Waals surface area contributed by atoms with Crippen LogP contribution in [-0.2, 0) is 32.0 Å². The van der Waals surface area contributed by atoms with Crippen molar-refractivity contribution in [1.29, 1.82) is 0 Å². The summed E-state index contributed by atoms with van der Waals surface area (Å²) in [5.74, 6) is -0.424. The van der Waals surface area contributed by atoms with E-state index >= 15 is 0 Å². The van der Waals surface area contributed by atoms with E-state index in [2.05, 4.69) is 16.0 Å². The molecule has 0 fully saturated rings. The predicted molar refractivity (Wildman–Crippen MR) is 94.1 cm³/mol. The van der Waals surface area contributed by atoms with Crippen molar-refractivity contribution in [3.05, 3.63) is 35.5 Å². The minimum atomic E-state index is -0.320. The first kappa shape index (κ1) is 17.5. The smallest absolute Gasteiger partial charge is 0.323 e. The summed E-state index contributed by atoms with van der Waals surface area (Å²) >= 11 is 0. The van der Waals surface area contributed by atoms with E-state index in [9.17, 15) is 9.59 Å². The highest BCUT2D eigenvalue weighted by Crippen LogP contribution is 2.30. The number of ether oxygens (including phenoxy) is 2. The highest BCUT2D eigenvalue weighted by molar-refractivity contribution is 5.86. The normalized spacial score (nSPS) is 17.3. The molecule has 0 aliphatic carbocycles. The molecular weight excluding hydrogens is 320 g/mol. The Hall–Kier alpha value is -2.34. The Labute approximate surface area is 147 Å². The van der Waals surface area contributed by atoms with Crippen LogP contribution in [0.3, 0.4) is 0 Å². The van der Waals surface area contributed by atoms with Crippen LogP contribution in [0.2, 0.25) is 0 Å². The Kier molecular flexibility index (Phi) is 5.38. The van der Waals surface area contributed by atoms with E-state index in [1.54, 1.807) is 6.92 Å². The van der Waals surface area contributed by atoms with E-state index < -0.39 is 0 Å². The van der Waals surface area contributed by atoms with Crippen molar-refractivity contribution in [1.82, 2.24) is 9.88 Å². The van der Waals surface area contributed by atoms with E-state index in [0.29, 0.717) is 39.0 Å². The lowest BCUT2D eigenvalue weighted by Gasteiger charge is -2.33. The summed E-state index contributed by atoms with van der Waals surface area (Å²) in [6, 6.07) is 7.81. The molecule has 0 saturated heterocycles. The fourth-order valence-corrected chi connectivity index (χ4v) is 3.52. The molecule has 2 heterocycles. The molecule has 2 aromatic rings. The number of nitrogens with one attached hydrogen (secondary N) is 1. The summed E-state index contributed by atoms with van der Waals surface area (Å²) in [5, 5.41) is 1.16. The Morgan fingerprint density at radius 1 is 1.32 bits per heavy atom. The van der Waals surface area contributed by atoms with Crippen LogP contribution in [0.4, 0.5) is 0 Å². The molecule has 6 heteroatoms. The molecule has 0 radical (unpaired) electrons. The minimum Gasteiger partial charge on any atom is -0.468 e. The van der Waals surface area contributed by atoms with Crippen molar-refractivity contribution in [3.8, 4) is 0 Å². The number of hydrogen-bond donors (Lipinski definition) is 1. The highest BCUT2D eigenvalue weighted by atomic mass is 16.5. The number of carbonyl (C=O) groups is 2. The van der Waals surface area contributed by atoms with Gasteiger partial charge in [0, 0.05) is 36.0 Å². The third kappa shape index (κ3) is 3.69. The molecule has 6 nitrogen and oxygen atoms in total. The van der Waals surface area contributed by atoms with Gasteiger partial charge in [-0.25, -0.2) is 0 Å². The summed E-state index contributed by atoms with van der Waals surface area (Å²) in [6.45, 7) is 3.49. The lowest BCUT2D eigenvalue weighted by Crippen LogP contribution is -2.46.